The maximum Gasteiger partial charge on any atom is 0.130 e. The van der Waals surface area contributed by atoms with Crippen LogP contribution in [0.4, 0.5) is 4.39 Å². The highest BCUT2D eigenvalue weighted by Gasteiger charge is 2.01. The highest BCUT2D eigenvalue weighted by molar-refractivity contribution is 5.27. The van der Waals surface area contributed by atoms with Gasteiger partial charge in [0.05, 0.1) is 0 Å². The maximum absolute atomic E-state index is 13.1. The van der Waals surface area contributed by atoms with Crippen LogP contribution < -0.4 is 0 Å². The van der Waals surface area contributed by atoms with Crippen LogP contribution in [0.3, 0.4) is 0 Å². The van der Waals surface area contributed by atoms with E-state index in [0.717, 1.165) is 0 Å². The Morgan fingerprint density at radius 1 is 1.55 bits per heavy atom. The lowest BCUT2D eigenvalue weighted by atomic mass is 10.1. The average Bonchev–Trinajstić information content (AvgIpc) is 1.99. The van der Waals surface area contributed by atoms with Crippen molar-refractivity contribution in [1.82, 2.24) is 0 Å². The van der Waals surface area contributed by atoms with Crippen LogP contribution in [0.2, 0.25) is 0 Å². The van der Waals surface area contributed by atoms with Crippen LogP contribution in [0, 0.1) is 25.1 Å². The number of terminal acetylenes is 1. The van der Waals surface area contributed by atoms with Gasteiger partial charge in [0.2, 0.25) is 0 Å². The van der Waals surface area contributed by atoms with Crippen molar-refractivity contribution in [3.63, 3.8) is 0 Å². The second-order valence-electron chi connectivity index (χ2n) is 2.43. The fourth-order valence-corrected chi connectivity index (χ4v) is 0.955. The normalized spacial score (nSPS) is 9.18. The van der Waals surface area contributed by atoms with E-state index in [0.29, 0.717) is 17.5 Å². The molecule has 56 valence electrons. The van der Waals surface area contributed by atoms with Crippen molar-refractivity contribution in [2.45, 2.75) is 13.3 Å². The number of hydrogen-bond donors (Lipinski definition) is 0. The molecule has 1 heteroatoms. The Balaban J connectivity index is 3.08. The number of hydrogen-bond acceptors (Lipinski definition) is 0. The lowest BCUT2D eigenvalue weighted by molar-refractivity contribution is 0.606. The first kappa shape index (κ1) is 7.81. The Bertz CT molecular complexity index is 294. The van der Waals surface area contributed by atoms with Gasteiger partial charge in [0, 0.05) is 6.42 Å². The van der Waals surface area contributed by atoms with Crippen molar-refractivity contribution >= 4 is 0 Å². The van der Waals surface area contributed by atoms with Crippen LogP contribution in [0.15, 0.2) is 18.2 Å². The number of benzene rings is 1. The molecule has 0 aliphatic carbocycles. The van der Waals surface area contributed by atoms with E-state index >= 15 is 0 Å². The monoisotopic (exact) mass is 148 g/mol. The van der Waals surface area contributed by atoms with Gasteiger partial charge in [-0.3, -0.25) is 0 Å². The van der Waals surface area contributed by atoms with E-state index in [-0.39, 0.29) is 5.82 Å². The third-order valence-electron chi connectivity index (χ3n) is 1.56. The molecule has 0 bridgehead atoms. The fraction of sp³-hybridized carbons (Fsp3) is 0.200. The summed E-state index contributed by atoms with van der Waals surface area (Å²) in [5, 5.41) is 0. The quantitative estimate of drug-likeness (QED) is 0.536. The summed E-state index contributed by atoms with van der Waals surface area (Å²) in [6.45, 7) is 1.73. The van der Waals surface area contributed by atoms with Crippen molar-refractivity contribution in [3.05, 3.63) is 35.1 Å². The molecule has 0 unspecified atom stereocenters. The summed E-state index contributed by atoms with van der Waals surface area (Å²) in [6.07, 6.45) is 5.43. The summed E-state index contributed by atoms with van der Waals surface area (Å²) in [7, 11) is 0. The molecule has 1 rings (SSSR count). The molecule has 0 atom stereocenters. The van der Waals surface area contributed by atoms with E-state index in [4.69, 9.17) is 6.42 Å². The van der Waals surface area contributed by atoms with Gasteiger partial charge < -0.3 is 0 Å². The van der Waals surface area contributed by atoms with E-state index in [9.17, 15) is 4.39 Å². The van der Waals surface area contributed by atoms with Gasteiger partial charge in [-0.25, -0.2) is 4.39 Å². The van der Waals surface area contributed by atoms with Gasteiger partial charge in [-0.1, -0.05) is 18.2 Å². The SMILES string of the molecule is C#CCc1cccc(C)c1F. The van der Waals surface area contributed by atoms with Crippen LogP contribution in [0.25, 0.3) is 0 Å². The molecule has 0 N–H and O–H groups in total. The molecule has 1 aromatic rings. The summed E-state index contributed by atoms with van der Waals surface area (Å²) in [5.74, 6) is 2.24. The molecular weight excluding hydrogens is 139 g/mol. The average molecular weight is 148 g/mol. The third kappa shape index (κ3) is 1.59. The molecule has 0 aliphatic heterocycles. The van der Waals surface area contributed by atoms with E-state index in [2.05, 4.69) is 5.92 Å². The molecule has 0 heterocycles. The first-order chi connectivity index (χ1) is 5.25. The topological polar surface area (TPSA) is 0 Å². The summed E-state index contributed by atoms with van der Waals surface area (Å²) >= 11 is 0. The molecule has 0 spiro atoms. The van der Waals surface area contributed by atoms with E-state index < -0.39 is 0 Å². The minimum atomic E-state index is -0.176. The number of aryl methyl sites for hydroxylation is 1. The van der Waals surface area contributed by atoms with E-state index in [1.807, 2.05) is 6.07 Å². The second kappa shape index (κ2) is 3.21. The fourth-order valence-electron chi connectivity index (χ4n) is 0.955. The first-order valence-corrected chi connectivity index (χ1v) is 3.43. The van der Waals surface area contributed by atoms with Crippen LogP contribution in [0.5, 0.6) is 0 Å². The molecule has 0 saturated carbocycles. The van der Waals surface area contributed by atoms with E-state index in [1.165, 1.54) is 0 Å². The Labute approximate surface area is 66.1 Å². The molecule has 0 aromatic heterocycles. The smallest absolute Gasteiger partial charge is 0.130 e. The molecule has 0 saturated heterocycles. The predicted molar refractivity (Wildman–Crippen MR) is 43.7 cm³/mol. The molecule has 0 fully saturated rings. The summed E-state index contributed by atoms with van der Waals surface area (Å²) in [6, 6.07) is 5.25. The molecule has 0 amide bonds. The molecule has 0 radical (unpaired) electrons. The van der Waals surface area contributed by atoms with Gasteiger partial charge in [0.15, 0.2) is 0 Å². The van der Waals surface area contributed by atoms with Gasteiger partial charge in [-0.05, 0) is 18.1 Å². The molecule has 0 aliphatic rings. The second-order valence-corrected chi connectivity index (χ2v) is 2.43. The zero-order valence-corrected chi connectivity index (χ0v) is 6.39. The zero-order chi connectivity index (χ0) is 8.27. The molecular formula is C10H9F. The van der Waals surface area contributed by atoms with Gasteiger partial charge in [0.25, 0.3) is 0 Å². The Morgan fingerprint density at radius 2 is 2.27 bits per heavy atom. The minimum absolute atomic E-state index is 0.176. The Hall–Kier alpha value is -1.29. The molecule has 0 nitrogen and oxygen atoms in total. The van der Waals surface area contributed by atoms with E-state index in [1.54, 1.807) is 19.1 Å². The van der Waals surface area contributed by atoms with Crippen molar-refractivity contribution < 1.29 is 4.39 Å². The maximum atomic E-state index is 13.1. The largest absolute Gasteiger partial charge is 0.206 e. The summed E-state index contributed by atoms with van der Waals surface area (Å²) in [5.41, 5.74) is 1.25. The highest BCUT2D eigenvalue weighted by Crippen LogP contribution is 2.11. The first-order valence-electron chi connectivity index (χ1n) is 3.43. The summed E-state index contributed by atoms with van der Waals surface area (Å²) in [4.78, 5) is 0. The minimum Gasteiger partial charge on any atom is -0.206 e. The Morgan fingerprint density at radius 3 is 2.91 bits per heavy atom. The standard InChI is InChI=1S/C10H9F/c1-3-5-9-7-4-6-8(2)10(9)11/h1,4,6-7H,5H2,2H3. The Kier molecular flexibility index (Phi) is 2.28. The zero-order valence-electron chi connectivity index (χ0n) is 6.39. The predicted octanol–water partition coefficient (Wildman–Crippen LogP) is 2.31. The van der Waals surface area contributed by atoms with Crippen LogP contribution >= 0.6 is 0 Å². The number of rotatable bonds is 1. The van der Waals surface area contributed by atoms with Crippen molar-refractivity contribution in [2.75, 3.05) is 0 Å². The van der Waals surface area contributed by atoms with Crippen molar-refractivity contribution in [2.24, 2.45) is 0 Å². The lowest BCUT2D eigenvalue weighted by Gasteiger charge is -2.00. The van der Waals surface area contributed by atoms with Gasteiger partial charge in [0.1, 0.15) is 5.82 Å². The van der Waals surface area contributed by atoms with Gasteiger partial charge in [-0.2, -0.15) is 0 Å². The third-order valence-corrected chi connectivity index (χ3v) is 1.56. The van der Waals surface area contributed by atoms with Crippen LogP contribution in [-0.2, 0) is 6.42 Å². The van der Waals surface area contributed by atoms with Crippen LogP contribution in [-0.4, -0.2) is 0 Å². The highest BCUT2D eigenvalue weighted by atomic mass is 19.1. The lowest BCUT2D eigenvalue weighted by Crippen LogP contribution is -1.90. The molecule has 1 aromatic carbocycles. The van der Waals surface area contributed by atoms with Crippen molar-refractivity contribution in [3.8, 4) is 12.3 Å². The molecule has 11 heavy (non-hydrogen) atoms. The number of halogens is 1. The van der Waals surface area contributed by atoms with Crippen LogP contribution in [0.1, 0.15) is 11.1 Å². The van der Waals surface area contributed by atoms with Crippen molar-refractivity contribution in [1.29, 1.82) is 0 Å². The van der Waals surface area contributed by atoms with Gasteiger partial charge >= 0.3 is 0 Å². The van der Waals surface area contributed by atoms with Gasteiger partial charge in [-0.15, -0.1) is 12.3 Å². The summed E-state index contributed by atoms with van der Waals surface area (Å²) < 4.78 is 13.1.